The number of benzene rings is 2. The highest BCUT2D eigenvalue weighted by atomic mass is 32.1. The number of anilines is 1. The van der Waals surface area contributed by atoms with E-state index in [4.69, 9.17) is 9.84 Å². The number of aromatic nitrogens is 1. The molecule has 2 aromatic carbocycles. The van der Waals surface area contributed by atoms with Crippen molar-refractivity contribution in [2.45, 2.75) is 27.2 Å². The molecular weight excluding hydrogens is 481 g/mol. The molecule has 1 heterocycles. The predicted octanol–water partition coefficient (Wildman–Crippen LogP) is 6.39. The molecule has 6 nitrogen and oxygen atoms in total. The number of aliphatic carboxylic acids is 1. The number of carboxylic acids is 1. The van der Waals surface area contributed by atoms with E-state index in [1.807, 2.05) is 13.8 Å². The lowest BCUT2D eigenvalue weighted by molar-refractivity contribution is -0.132. The van der Waals surface area contributed by atoms with Crippen LogP contribution in [0.1, 0.15) is 43.1 Å². The molecule has 3 rings (SSSR count). The van der Waals surface area contributed by atoms with Gasteiger partial charge in [0.1, 0.15) is 11.6 Å². The number of hydrogen-bond donors (Lipinski definition) is 2. The Morgan fingerprint density at radius 3 is 2.51 bits per heavy atom. The smallest absolute Gasteiger partial charge is 0.331 e. The van der Waals surface area contributed by atoms with Crippen LogP contribution in [0.25, 0.3) is 17.3 Å². The van der Waals surface area contributed by atoms with Gasteiger partial charge in [0.25, 0.3) is 5.91 Å². The summed E-state index contributed by atoms with van der Waals surface area (Å²) >= 11 is 1.01. The number of amides is 1. The normalized spacial score (nSPS) is 11.6. The monoisotopic (exact) mass is 504 g/mol. The number of nitrogens with zero attached hydrogens (tertiary/aromatic N) is 1. The minimum atomic E-state index is -1.32. The zero-order valence-electron chi connectivity index (χ0n) is 19.2. The number of rotatable bonds is 9. The summed E-state index contributed by atoms with van der Waals surface area (Å²) < 4.78 is 49.1. The van der Waals surface area contributed by atoms with Crippen LogP contribution in [0.5, 0.6) is 5.75 Å². The molecule has 0 saturated heterocycles. The van der Waals surface area contributed by atoms with Gasteiger partial charge in [0.05, 0.1) is 12.3 Å². The Balaban J connectivity index is 1.77. The first-order valence-electron chi connectivity index (χ1n) is 10.7. The van der Waals surface area contributed by atoms with Gasteiger partial charge < -0.3 is 9.84 Å². The molecule has 0 aliphatic heterocycles. The van der Waals surface area contributed by atoms with Crippen LogP contribution < -0.4 is 10.1 Å². The molecule has 1 amide bonds. The van der Waals surface area contributed by atoms with Crippen LogP contribution in [0.2, 0.25) is 0 Å². The fourth-order valence-electron chi connectivity index (χ4n) is 2.98. The summed E-state index contributed by atoms with van der Waals surface area (Å²) in [5.41, 5.74) is -0.709. The lowest BCUT2D eigenvalue weighted by Gasteiger charge is -2.10. The largest absolute Gasteiger partial charge is 0.490 e. The van der Waals surface area contributed by atoms with Crippen molar-refractivity contribution in [3.63, 3.8) is 0 Å². The Kier molecular flexibility index (Phi) is 8.29. The van der Waals surface area contributed by atoms with E-state index in [0.29, 0.717) is 12.5 Å². The minimum absolute atomic E-state index is 0.0972. The van der Waals surface area contributed by atoms with Gasteiger partial charge >= 0.3 is 5.97 Å². The fourth-order valence-corrected chi connectivity index (χ4v) is 3.69. The van der Waals surface area contributed by atoms with Crippen LogP contribution in [0, 0.1) is 23.4 Å². The van der Waals surface area contributed by atoms with Crippen LogP contribution in [0.3, 0.4) is 0 Å². The van der Waals surface area contributed by atoms with Crippen molar-refractivity contribution in [2.24, 2.45) is 5.92 Å². The maximum atomic E-state index is 14.9. The van der Waals surface area contributed by atoms with Gasteiger partial charge in [-0.2, -0.15) is 0 Å². The van der Waals surface area contributed by atoms with Crippen LogP contribution in [0.4, 0.5) is 18.3 Å². The van der Waals surface area contributed by atoms with Crippen LogP contribution in [-0.2, 0) is 4.79 Å². The predicted molar refractivity (Wildman–Crippen MR) is 128 cm³/mol. The number of halogens is 3. The minimum Gasteiger partial charge on any atom is -0.490 e. The zero-order valence-corrected chi connectivity index (χ0v) is 20.0. The van der Waals surface area contributed by atoms with E-state index in [0.717, 1.165) is 36.0 Å². The first kappa shape index (κ1) is 26.0. The van der Waals surface area contributed by atoms with Crippen LogP contribution in [0.15, 0.2) is 41.3 Å². The van der Waals surface area contributed by atoms with Crippen molar-refractivity contribution in [3.8, 4) is 17.0 Å². The lowest BCUT2D eigenvalue weighted by atomic mass is 10.1. The summed E-state index contributed by atoms with van der Waals surface area (Å²) in [6.45, 7) is 5.64. The first-order chi connectivity index (χ1) is 16.6. The quantitative estimate of drug-likeness (QED) is 0.330. The Morgan fingerprint density at radius 2 is 1.89 bits per heavy atom. The van der Waals surface area contributed by atoms with E-state index >= 15 is 0 Å². The number of hydrogen-bond acceptors (Lipinski definition) is 5. The summed E-state index contributed by atoms with van der Waals surface area (Å²) in [4.78, 5) is 27.6. The van der Waals surface area contributed by atoms with Gasteiger partial charge in [-0.15, -0.1) is 11.3 Å². The summed E-state index contributed by atoms with van der Waals surface area (Å²) in [7, 11) is 0. The average Bonchev–Trinajstić information content (AvgIpc) is 3.24. The van der Waals surface area contributed by atoms with Crippen molar-refractivity contribution in [3.05, 3.63) is 69.9 Å². The summed E-state index contributed by atoms with van der Waals surface area (Å²) in [5.74, 6) is -4.41. The molecule has 0 aliphatic rings. The number of ether oxygens (including phenoxy) is 1. The molecule has 1 aromatic heterocycles. The Morgan fingerprint density at radius 1 is 1.20 bits per heavy atom. The highest BCUT2D eigenvalue weighted by Crippen LogP contribution is 2.32. The second-order valence-electron chi connectivity index (χ2n) is 8.13. The summed E-state index contributed by atoms with van der Waals surface area (Å²) in [6, 6.07) is 6.28. The number of thiazole rings is 1. The van der Waals surface area contributed by atoms with E-state index in [2.05, 4.69) is 10.3 Å². The SMILES string of the molecule is C/C(=C\c1c(F)cc(C(=O)Nc2nc(-c3cccc(OCCC(C)C)c3F)cs2)cc1F)C(=O)O. The Labute approximate surface area is 204 Å². The number of carbonyl (C=O) groups is 2. The molecule has 0 bridgehead atoms. The second kappa shape index (κ2) is 11.2. The number of carboxylic acid groups (broad SMARTS) is 1. The summed E-state index contributed by atoms with van der Waals surface area (Å²) in [6.07, 6.45) is 1.62. The number of carbonyl (C=O) groups excluding carboxylic acids is 1. The maximum Gasteiger partial charge on any atom is 0.331 e. The van der Waals surface area contributed by atoms with Gasteiger partial charge in [-0.3, -0.25) is 10.1 Å². The van der Waals surface area contributed by atoms with E-state index in [1.54, 1.807) is 6.07 Å². The van der Waals surface area contributed by atoms with Crippen molar-refractivity contribution >= 4 is 34.4 Å². The third-order valence-corrected chi connectivity index (χ3v) is 5.71. The van der Waals surface area contributed by atoms with Gasteiger partial charge in [-0.1, -0.05) is 19.9 Å². The van der Waals surface area contributed by atoms with Crippen molar-refractivity contribution in [1.82, 2.24) is 4.98 Å². The highest BCUT2D eigenvalue weighted by Gasteiger charge is 2.18. The van der Waals surface area contributed by atoms with Crippen molar-refractivity contribution in [1.29, 1.82) is 0 Å². The topological polar surface area (TPSA) is 88.5 Å². The first-order valence-corrected chi connectivity index (χ1v) is 11.5. The molecule has 0 spiro atoms. The molecule has 10 heteroatoms. The molecule has 35 heavy (non-hydrogen) atoms. The molecule has 3 aromatic rings. The van der Waals surface area contributed by atoms with Crippen LogP contribution >= 0.6 is 11.3 Å². The van der Waals surface area contributed by atoms with E-state index in [-0.39, 0.29) is 33.3 Å². The van der Waals surface area contributed by atoms with Crippen molar-refractivity contribution < 1.29 is 32.6 Å². The molecule has 0 saturated carbocycles. The maximum absolute atomic E-state index is 14.9. The fraction of sp³-hybridized carbons (Fsp3) is 0.240. The zero-order chi connectivity index (χ0) is 25.7. The van der Waals surface area contributed by atoms with Gasteiger partial charge in [0.2, 0.25) is 0 Å². The van der Waals surface area contributed by atoms with Gasteiger partial charge in [-0.25, -0.2) is 22.9 Å². The third-order valence-electron chi connectivity index (χ3n) is 4.96. The highest BCUT2D eigenvalue weighted by molar-refractivity contribution is 7.14. The average molecular weight is 505 g/mol. The second-order valence-corrected chi connectivity index (χ2v) is 8.98. The van der Waals surface area contributed by atoms with Gasteiger partial charge in [0, 0.05) is 27.6 Å². The van der Waals surface area contributed by atoms with E-state index in [1.165, 1.54) is 24.4 Å². The molecule has 184 valence electrons. The molecule has 0 radical (unpaired) electrons. The molecular formula is C25H23F3N2O4S. The van der Waals surface area contributed by atoms with E-state index < -0.39 is 34.9 Å². The van der Waals surface area contributed by atoms with Crippen molar-refractivity contribution in [2.75, 3.05) is 11.9 Å². The molecule has 0 fully saturated rings. The molecule has 0 aliphatic carbocycles. The lowest BCUT2D eigenvalue weighted by Crippen LogP contribution is -2.13. The number of nitrogens with one attached hydrogen (secondary N) is 1. The molecule has 0 unspecified atom stereocenters. The third kappa shape index (κ3) is 6.48. The summed E-state index contributed by atoms with van der Waals surface area (Å²) in [5, 5.41) is 13.0. The Hall–Kier alpha value is -3.66. The van der Waals surface area contributed by atoms with Gasteiger partial charge in [-0.05, 0) is 49.6 Å². The Bertz CT molecular complexity index is 1260. The van der Waals surface area contributed by atoms with Crippen LogP contribution in [-0.4, -0.2) is 28.6 Å². The van der Waals surface area contributed by atoms with E-state index in [9.17, 15) is 22.8 Å². The van der Waals surface area contributed by atoms with Gasteiger partial charge in [0.15, 0.2) is 16.7 Å². The molecule has 0 atom stereocenters. The standard InChI is InChI=1S/C25H23F3N2O4S/c1-13(2)7-8-34-21-6-4-5-16(22(21)28)20-12-35-25(29-20)30-23(31)15-10-18(26)17(19(27)11-15)9-14(3)24(32)33/h4-6,9-13H,7-8H2,1-3H3,(H,32,33)(H,29,30,31)/b14-9+. The molecule has 2 N–H and O–H groups in total.